The minimum atomic E-state index is -0.474. The maximum absolute atomic E-state index is 12.7. The summed E-state index contributed by atoms with van der Waals surface area (Å²) in [6, 6.07) is 14.4. The number of fused-ring (bicyclic) bond motifs is 1. The average Bonchev–Trinajstić information content (AvgIpc) is 2.97. The molecular formula is C22H25N5O4. The largest absolute Gasteiger partial charge is 0.490 e. The first-order valence-electron chi connectivity index (χ1n) is 10.3. The molecule has 0 saturated heterocycles. The van der Waals surface area contributed by atoms with Crippen molar-refractivity contribution in [1.82, 2.24) is 25.1 Å². The van der Waals surface area contributed by atoms with Crippen LogP contribution in [0.25, 0.3) is 5.69 Å². The van der Waals surface area contributed by atoms with Gasteiger partial charge in [0, 0.05) is 6.42 Å². The van der Waals surface area contributed by atoms with Crippen molar-refractivity contribution in [3.8, 4) is 17.2 Å². The zero-order valence-electron chi connectivity index (χ0n) is 17.5. The van der Waals surface area contributed by atoms with Crippen LogP contribution in [-0.4, -0.2) is 38.9 Å². The fourth-order valence-electron chi connectivity index (χ4n) is 3.47. The van der Waals surface area contributed by atoms with Crippen LogP contribution >= 0.6 is 0 Å². The third-order valence-electron chi connectivity index (χ3n) is 5.05. The Labute approximate surface area is 179 Å². The van der Waals surface area contributed by atoms with Crippen LogP contribution in [0, 0.1) is 5.92 Å². The molecule has 1 aromatic heterocycles. The lowest BCUT2D eigenvalue weighted by Crippen LogP contribution is -2.37. The molecule has 31 heavy (non-hydrogen) atoms. The normalized spacial score (nSPS) is 14.2. The second kappa shape index (κ2) is 9.03. The molecule has 0 radical (unpaired) electrons. The predicted octanol–water partition coefficient (Wildman–Crippen LogP) is 2.10. The van der Waals surface area contributed by atoms with Crippen LogP contribution in [-0.2, 0) is 11.3 Å². The van der Waals surface area contributed by atoms with E-state index in [-0.39, 0.29) is 24.4 Å². The molecule has 9 nitrogen and oxygen atoms in total. The Hall–Kier alpha value is -3.62. The van der Waals surface area contributed by atoms with Gasteiger partial charge in [0.25, 0.3) is 0 Å². The van der Waals surface area contributed by atoms with Crippen molar-refractivity contribution < 1.29 is 14.3 Å². The summed E-state index contributed by atoms with van der Waals surface area (Å²) in [5.41, 5.74) is 1.03. The van der Waals surface area contributed by atoms with E-state index >= 15 is 0 Å². The number of hydrogen-bond acceptors (Lipinski definition) is 6. The van der Waals surface area contributed by atoms with Crippen molar-refractivity contribution in [3.63, 3.8) is 0 Å². The Morgan fingerprint density at radius 2 is 1.81 bits per heavy atom. The third-order valence-corrected chi connectivity index (χ3v) is 5.05. The highest BCUT2D eigenvalue weighted by Gasteiger charge is 2.22. The minimum Gasteiger partial charge on any atom is -0.490 e. The Morgan fingerprint density at radius 1 is 1.06 bits per heavy atom. The number of para-hydroxylation sites is 1. The van der Waals surface area contributed by atoms with Crippen molar-refractivity contribution in [2.45, 2.75) is 32.9 Å². The lowest BCUT2D eigenvalue weighted by atomic mass is 9.95. The highest BCUT2D eigenvalue weighted by Crippen LogP contribution is 2.34. The van der Waals surface area contributed by atoms with Gasteiger partial charge >= 0.3 is 5.69 Å². The Kier molecular flexibility index (Phi) is 6.01. The quantitative estimate of drug-likeness (QED) is 0.652. The molecule has 4 rings (SSSR count). The van der Waals surface area contributed by atoms with Gasteiger partial charge in [-0.15, -0.1) is 0 Å². The van der Waals surface area contributed by atoms with E-state index in [1.54, 1.807) is 24.3 Å². The van der Waals surface area contributed by atoms with Crippen LogP contribution in [0.2, 0.25) is 0 Å². The number of rotatable bonds is 6. The highest BCUT2D eigenvalue weighted by atomic mass is 16.5. The number of ether oxygens (including phenoxy) is 2. The fourth-order valence-corrected chi connectivity index (χ4v) is 3.47. The molecule has 0 unspecified atom stereocenters. The zero-order chi connectivity index (χ0) is 21.8. The molecule has 1 atom stereocenters. The SMILES string of the molecule is CC(C)[C@H](NC(=O)Cn1nnn(-c2ccccc2)c1=O)c1ccc2c(c1)OCCCO2. The summed E-state index contributed by atoms with van der Waals surface area (Å²) in [6.45, 7) is 5.03. The maximum Gasteiger partial charge on any atom is 0.368 e. The first-order valence-corrected chi connectivity index (χ1v) is 10.3. The first kappa shape index (κ1) is 20.6. The molecule has 2 heterocycles. The molecule has 162 valence electrons. The van der Waals surface area contributed by atoms with Crippen molar-refractivity contribution in [2.75, 3.05) is 13.2 Å². The number of nitrogens with zero attached hydrogens (tertiary/aromatic N) is 4. The first-order chi connectivity index (χ1) is 15.0. The van der Waals surface area contributed by atoms with Gasteiger partial charge in [-0.3, -0.25) is 4.79 Å². The summed E-state index contributed by atoms with van der Waals surface area (Å²) < 4.78 is 13.7. The summed E-state index contributed by atoms with van der Waals surface area (Å²) in [5, 5.41) is 10.7. The Balaban J connectivity index is 1.50. The molecule has 2 aromatic carbocycles. The van der Waals surface area contributed by atoms with Gasteiger partial charge < -0.3 is 14.8 Å². The van der Waals surface area contributed by atoms with Crippen LogP contribution in [0.4, 0.5) is 0 Å². The predicted molar refractivity (Wildman–Crippen MR) is 113 cm³/mol. The molecule has 3 aromatic rings. The van der Waals surface area contributed by atoms with Gasteiger partial charge in [0.2, 0.25) is 5.91 Å². The van der Waals surface area contributed by atoms with E-state index in [0.717, 1.165) is 21.3 Å². The van der Waals surface area contributed by atoms with E-state index in [2.05, 4.69) is 15.7 Å². The van der Waals surface area contributed by atoms with Gasteiger partial charge in [0.1, 0.15) is 6.54 Å². The lowest BCUT2D eigenvalue weighted by molar-refractivity contribution is -0.123. The number of benzene rings is 2. The van der Waals surface area contributed by atoms with E-state index in [1.165, 1.54) is 0 Å². The molecular weight excluding hydrogens is 398 g/mol. The van der Waals surface area contributed by atoms with Crippen molar-refractivity contribution in [3.05, 3.63) is 64.6 Å². The van der Waals surface area contributed by atoms with Gasteiger partial charge in [0.05, 0.1) is 24.9 Å². The summed E-state index contributed by atoms with van der Waals surface area (Å²) >= 11 is 0. The van der Waals surface area contributed by atoms with Crippen LogP contribution in [0.15, 0.2) is 53.3 Å². The topological polar surface area (TPSA) is 100 Å². The standard InChI is InChI=1S/C22H25N5O4/c1-15(2)21(16-9-10-18-19(13-16)31-12-6-11-30-18)23-20(28)14-26-22(29)27(25-24-26)17-7-4-3-5-8-17/h3-5,7-10,13,15,21H,6,11-12,14H2,1-2H3,(H,23,28)/t21-/m0/s1. The van der Waals surface area contributed by atoms with E-state index in [9.17, 15) is 9.59 Å². The minimum absolute atomic E-state index is 0.116. The number of aromatic nitrogens is 4. The zero-order valence-corrected chi connectivity index (χ0v) is 17.5. The van der Waals surface area contributed by atoms with E-state index in [0.29, 0.717) is 30.4 Å². The molecule has 0 saturated carbocycles. The molecule has 0 spiro atoms. The fraction of sp³-hybridized carbons (Fsp3) is 0.364. The van der Waals surface area contributed by atoms with Crippen LogP contribution < -0.4 is 20.5 Å². The number of carbonyl (C=O) groups excluding carboxylic acids is 1. The van der Waals surface area contributed by atoms with Crippen molar-refractivity contribution >= 4 is 5.91 Å². The van der Waals surface area contributed by atoms with Gasteiger partial charge in [-0.1, -0.05) is 38.1 Å². The van der Waals surface area contributed by atoms with E-state index in [1.807, 2.05) is 38.1 Å². The van der Waals surface area contributed by atoms with Crippen LogP contribution in [0.1, 0.15) is 31.9 Å². The highest BCUT2D eigenvalue weighted by molar-refractivity contribution is 5.76. The summed E-state index contributed by atoms with van der Waals surface area (Å²) in [6.07, 6.45) is 0.826. The smallest absolute Gasteiger partial charge is 0.368 e. The molecule has 1 aliphatic heterocycles. The summed E-state index contributed by atoms with van der Waals surface area (Å²) in [7, 11) is 0. The summed E-state index contributed by atoms with van der Waals surface area (Å²) in [5.74, 6) is 1.18. The number of carbonyl (C=O) groups is 1. The Morgan fingerprint density at radius 3 is 2.55 bits per heavy atom. The molecule has 0 bridgehead atoms. The number of amides is 1. The van der Waals surface area contributed by atoms with Gasteiger partial charge in [-0.25, -0.2) is 4.79 Å². The third kappa shape index (κ3) is 4.60. The number of hydrogen-bond donors (Lipinski definition) is 1. The van der Waals surface area contributed by atoms with E-state index in [4.69, 9.17) is 9.47 Å². The molecule has 1 N–H and O–H groups in total. The Bertz CT molecular complexity index is 1110. The molecule has 1 aliphatic rings. The van der Waals surface area contributed by atoms with E-state index < -0.39 is 5.69 Å². The van der Waals surface area contributed by atoms with Crippen LogP contribution in [0.5, 0.6) is 11.5 Å². The van der Waals surface area contributed by atoms with Crippen LogP contribution in [0.3, 0.4) is 0 Å². The number of tetrazole rings is 1. The van der Waals surface area contributed by atoms with Gasteiger partial charge in [-0.2, -0.15) is 9.36 Å². The lowest BCUT2D eigenvalue weighted by Gasteiger charge is -2.23. The number of nitrogens with one attached hydrogen (secondary N) is 1. The summed E-state index contributed by atoms with van der Waals surface area (Å²) in [4.78, 5) is 25.3. The molecule has 0 fully saturated rings. The maximum atomic E-state index is 12.7. The molecule has 9 heteroatoms. The molecule has 0 aliphatic carbocycles. The monoisotopic (exact) mass is 423 g/mol. The van der Waals surface area contributed by atoms with Crippen molar-refractivity contribution in [1.29, 1.82) is 0 Å². The average molecular weight is 423 g/mol. The van der Waals surface area contributed by atoms with Gasteiger partial charge in [0.15, 0.2) is 11.5 Å². The van der Waals surface area contributed by atoms with Crippen molar-refractivity contribution in [2.24, 2.45) is 5.92 Å². The molecule has 1 amide bonds. The second-order valence-corrected chi connectivity index (χ2v) is 7.71. The van der Waals surface area contributed by atoms with Gasteiger partial charge in [-0.05, 0) is 46.2 Å². The second-order valence-electron chi connectivity index (χ2n) is 7.71.